The fourth-order valence-corrected chi connectivity index (χ4v) is 3.00. The lowest BCUT2D eigenvalue weighted by molar-refractivity contribution is 0.227. The maximum atomic E-state index is 5.39. The van der Waals surface area contributed by atoms with Gasteiger partial charge in [0.05, 0.1) is 0 Å². The van der Waals surface area contributed by atoms with Gasteiger partial charge < -0.3 is 8.85 Å². The zero-order valence-electron chi connectivity index (χ0n) is 8.81. The molecule has 0 aromatic rings. The van der Waals surface area contributed by atoms with Gasteiger partial charge in [0.1, 0.15) is 0 Å². The number of rotatable bonds is 6. The van der Waals surface area contributed by atoms with Crippen molar-refractivity contribution in [2.75, 3.05) is 20.8 Å². The van der Waals surface area contributed by atoms with Gasteiger partial charge in [0.2, 0.25) is 0 Å². The Kier molecular flexibility index (Phi) is 5.74. The molecule has 0 aliphatic heterocycles. The summed E-state index contributed by atoms with van der Waals surface area (Å²) in [4.78, 5) is 3.38. The van der Waals surface area contributed by atoms with Crippen molar-refractivity contribution < 1.29 is 8.85 Å². The molecule has 0 radical (unpaired) electrons. The number of nitrogens with one attached hydrogen (secondary N) is 1. The summed E-state index contributed by atoms with van der Waals surface area (Å²) in [5, 5.41) is 0. The van der Waals surface area contributed by atoms with Crippen molar-refractivity contribution in [1.82, 2.24) is 4.98 Å². The van der Waals surface area contributed by atoms with Gasteiger partial charge in [0.25, 0.3) is 0 Å². The lowest BCUT2D eigenvalue weighted by Gasteiger charge is -2.27. The first-order valence-corrected chi connectivity index (χ1v) is 6.48. The van der Waals surface area contributed by atoms with Crippen LogP contribution in [0.15, 0.2) is 0 Å². The minimum absolute atomic E-state index is 0.633. The van der Waals surface area contributed by atoms with Crippen molar-refractivity contribution in [3.05, 3.63) is 0 Å². The molecule has 0 spiro atoms. The van der Waals surface area contributed by atoms with Crippen LogP contribution in [0.1, 0.15) is 20.8 Å². The normalized spacial score (nSPS) is 12.5. The van der Waals surface area contributed by atoms with E-state index in [2.05, 4.69) is 25.8 Å². The standard InChI is InChI=1S/C8H21NO2Si/c1-6-12(10-4,11-5)9-7-8(2)3/h8-9H,6-7H2,1-5H3. The van der Waals surface area contributed by atoms with E-state index in [1.807, 2.05) is 0 Å². The van der Waals surface area contributed by atoms with Crippen LogP contribution in [0.2, 0.25) is 6.04 Å². The molecule has 0 saturated carbocycles. The molecule has 74 valence electrons. The molecule has 0 atom stereocenters. The fraction of sp³-hybridized carbons (Fsp3) is 1.00. The van der Waals surface area contributed by atoms with Crippen LogP contribution in [0.3, 0.4) is 0 Å². The summed E-state index contributed by atoms with van der Waals surface area (Å²) < 4.78 is 10.8. The third kappa shape index (κ3) is 3.67. The molecule has 3 nitrogen and oxygen atoms in total. The largest absolute Gasteiger partial charge is 0.424 e. The number of hydrogen-bond acceptors (Lipinski definition) is 3. The van der Waals surface area contributed by atoms with E-state index < -0.39 is 8.72 Å². The van der Waals surface area contributed by atoms with Crippen molar-refractivity contribution in [3.63, 3.8) is 0 Å². The Morgan fingerprint density at radius 2 is 1.75 bits per heavy atom. The van der Waals surface area contributed by atoms with E-state index >= 15 is 0 Å². The molecule has 0 saturated heterocycles. The second-order valence-corrected chi connectivity index (χ2v) is 6.67. The molecule has 12 heavy (non-hydrogen) atoms. The smallest absolute Gasteiger partial charge is 0.386 e. The summed E-state index contributed by atoms with van der Waals surface area (Å²) in [7, 11) is 1.40. The summed E-state index contributed by atoms with van der Waals surface area (Å²) in [5.41, 5.74) is 0. The van der Waals surface area contributed by atoms with Crippen molar-refractivity contribution in [1.29, 1.82) is 0 Å². The summed E-state index contributed by atoms with van der Waals surface area (Å²) in [5.74, 6) is 0.633. The van der Waals surface area contributed by atoms with E-state index in [0.29, 0.717) is 5.92 Å². The van der Waals surface area contributed by atoms with E-state index in [-0.39, 0.29) is 0 Å². The van der Waals surface area contributed by atoms with E-state index in [1.165, 1.54) is 0 Å². The van der Waals surface area contributed by atoms with E-state index in [4.69, 9.17) is 8.85 Å². The van der Waals surface area contributed by atoms with E-state index in [1.54, 1.807) is 14.2 Å². The van der Waals surface area contributed by atoms with Crippen LogP contribution in [0.5, 0.6) is 0 Å². The molecule has 0 fully saturated rings. The molecule has 0 aromatic heterocycles. The van der Waals surface area contributed by atoms with Crippen molar-refractivity contribution >= 4 is 8.72 Å². The molecule has 0 heterocycles. The zero-order valence-corrected chi connectivity index (χ0v) is 9.81. The van der Waals surface area contributed by atoms with E-state index in [0.717, 1.165) is 12.6 Å². The highest BCUT2D eigenvalue weighted by molar-refractivity contribution is 6.64. The Labute approximate surface area is 76.8 Å². The molecular weight excluding hydrogens is 170 g/mol. The summed E-state index contributed by atoms with van der Waals surface area (Å²) in [6.07, 6.45) is 0. The van der Waals surface area contributed by atoms with Crippen LogP contribution >= 0.6 is 0 Å². The molecule has 0 aromatic carbocycles. The zero-order chi connectivity index (χ0) is 9.61. The van der Waals surface area contributed by atoms with Crippen molar-refractivity contribution in [2.45, 2.75) is 26.8 Å². The maximum Gasteiger partial charge on any atom is 0.424 e. The van der Waals surface area contributed by atoms with Crippen molar-refractivity contribution in [3.8, 4) is 0 Å². The minimum atomic E-state index is -2.03. The second-order valence-electron chi connectivity index (χ2n) is 3.29. The third-order valence-corrected chi connectivity index (χ3v) is 4.90. The van der Waals surface area contributed by atoms with Gasteiger partial charge in [-0.3, -0.25) is 4.98 Å². The van der Waals surface area contributed by atoms with Crippen LogP contribution in [0.4, 0.5) is 0 Å². The summed E-state index contributed by atoms with van der Waals surface area (Å²) >= 11 is 0. The van der Waals surface area contributed by atoms with E-state index in [9.17, 15) is 0 Å². The minimum Gasteiger partial charge on any atom is -0.386 e. The molecule has 0 aliphatic carbocycles. The third-order valence-electron chi connectivity index (χ3n) is 1.90. The molecule has 1 N–H and O–H groups in total. The first-order valence-electron chi connectivity index (χ1n) is 4.45. The average Bonchev–Trinajstić information content (AvgIpc) is 2.08. The summed E-state index contributed by atoms with van der Waals surface area (Å²) in [6, 6.07) is 0.937. The first kappa shape index (κ1) is 12.1. The van der Waals surface area contributed by atoms with Crippen LogP contribution in [-0.4, -0.2) is 29.5 Å². The van der Waals surface area contributed by atoms with Gasteiger partial charge in [0, 0.05) is 20.3 Å². The van der Waals surface area contributed by atoms with Gasteiger partial charge in [-0.05, 0) is 12.5 Å². The Morgan fingerprint density at radius 1 is 1.25 bits per heavy atom. The van der Waals surface area contributed by atoms with Gasteiger partial charge in [-0.2, -0.15) is 0 Å². The molecular formula is C8H21NO2Si. The molecule has 0 amide bonds. The highest BCUT2D eigenvalue weighted by Crippen LogP contribution is 2.07. The van der Waals surface area contributed by atoms with Gasteiger partial charge in [-0.25, -0.2) is 0 Å². The quantitative estimate of drug-likeness (QED) is 0.645. The Bertz CT molecular complexity index is 107. The Morgan fingerprint density at radius 3 is 2.00 bits per heavy atom. The maximum absolute atomic E-state index is 5.39. The van der Waals surface area contributed by atoms with Gasteiger partial charge in [-0.1, -0.05) is 20.8 Å². The Hall–Kier alpha value is 0.0969. The van der Waals surface area contributed by atoms with Gasteiger partial charge >= 0.3 is 8.72 Å². The topological polar surface area (TPSA) is 30.5 Å². The predicted molar refractivity (Wildman–Crippen MR) is 53.1 cm³/mol. The highest BCUT2D eigenvalue weighted by Gasteiger charge is 2.33. The Balaban J connectivity index is 3.93. The lowest BCUT2D eigenvalue weighted by atomic mass is 10.2. The monoisotopic (exact) mass is 191 g/mol. The fourth-order valence-electron chi connectivity index (χ4n) is 1.00. The molecule has 0 bridgehead atoms. The number of hydrogen-bond donors (Lipinski definition) is 1. The SMILES string of the molecule is CC[Si](NCC(C)C)(OC)OC. The van der Waals surface area contributed by atoms with Crippen molar-refractivity contribution in [2.24, 2.45) is 5.92 Å². The summed E-state index contributed by atoms with van der Waals surface area (Å²) in [6.45, 7) is 7.40. The van der Waals surface area contributed by atoms with Crippen LogP contribution in [0.25, 0.3) is 0 Å². The lowest BCUT2D eigenvalue weighted by Crippen LogP contribution is -2.55. The van der Waals surface area contributed by atoms with Crippen LogP contribution in [-0.2, 0) is 8.85 Å². The highest BCUT2D eigenvalue weighted by atomic mass is 28.4. The molecule has 4 heteroatoms. The first-order chi connectivity index (χ1) is 5.60. The second kappa shape index (κ2) is 5.69. The van der Waals surface area contributed by atoms with Gasteiger partial charge in [-0.15, -0.1) is 0 Å². The average molecular weight is 191 g/mol. The van der Waals surface area contributed by atoms with Crippen LogP contribution < -0.4 is 4.98 Å². The van der Waals surface area contributed by atoms with Crippen LogP contribution in [0, 0.1) is 5.92 Å². The van der Waals surface area contributed by atoms with Gasteiger partial charge in [0.15, 0.2) is 0 Å². The predicted octanol–water partition coefficient (Wildman–Crippen LogP) is 1.48. The molecule has 0 rings (SSSR count). The molecule has 0 unspecified atom stereocenters. The molecule has 0 aliphatic rings.